The molecule has 1 aliphatic rings. The minimum Gasteiger partial charge on any atom is -0.431 e. The Balaban J connectivity index is 1.45. The van der Waals surface area contributed by atoms with Crippen LogP contribution in [0, 0.1) is 5.92 Å². The van der Waals surface area contributed by atoms with Gasteiger partial charge in [0, 0.05) is 6.04 Å². The first-order valence-corrected chi connectivity index (χ1v) is 9.19. The zero-order valence-electron chi connectivity index (χ0n) is 13.6. The third kappa shape index (κ3) is 4.29. The third-order valence-electron chi connectivity index (χ3n) is 4.28. The summed E-state index contributed by atoms with van der Waals surface area (Å²) in [5, 5.41) is 5.70. The number of nitrogens with zero attached hydrogens (tertiary/aromatic N) is 1. The van der Waals surface area contributed by atoms with Crippen LogP contribution in [0.3, 0.4) is 0 Å². The zero-order chi connectivity index (χ0) is 16.9. The SMILES string of the molecule is C[C@H]1CCCC[C@H]1NC(=O)NC(=O)CSc1nc2ccccc2o1. The van der Waals surface area contributed by atoms with Crippen molar-refractivity contribution in [2.75, 3.05) is 5.75 Å². The van der Waals surface area contributed by atoms with Crippen LogP contribution >= 0.6 is 11.8 Å². The maximum Gasteiger partial charge on any atom is 0.321 e. The van der Waals surface area contributed by atoms with Crippen molar-refractivity contribution in [3.8, 4) is 0 Å². The summed E-state index contributed by atoms with van der Waals surface area (Å²) in [5.74, 6) is 0.178. The van der Waals surface area contributed by atoms with Gasteiger partial charge in [0.25, 0.3) is 5.22 Å². The highest BCUT2D eigenvalue weighted by atomic mass is 32.2. The fourth-order valence-corrected chi connectivity index (χ4v) is 3.58. The molecule has 2 N–H and O–H groups in total. The smallest absolute Gasteiger partial charge is 0.321 e. The van der Waals surface area contributed by atoms with Crippen LogP contribution in [0.25, 0.3) is 11.1 Å². The normalized spacial score (nSPS) is 20.7. The Morgan fingerprint density at radius 2 is 2.08 bits per heavy atom. The number of carbonyl (C=O) groups is 2. The van der Waals surface area contributed by atoms with Gasteiger partial charge in [0.1, 0.15) is 5.52 Å². The molecule has 0 radical (unpaired) electrons. The molecule has 1 aromatic carbocycles. The molecule has 1 heterocycles. The van der Waals surface area contributed by atoms with Gasteiger partial charge in [-0.2, -0.15) is 0 Å². The highest BCUT2D eigenvalue weighted by Gasteiger charge is 2.23. The second-order valence-electron chi connectivity index (χ2n) is 6.13. The molecular formula is C17H21N3O3S. The molecule has 0 aliphatic heterocycles. The van der Waals surface area contributed by atoms with Crippen LogP contribution in [0.4, 0.5) is 4.79 Å². The number of thioether (sulfide) groups is 1. The number of fused-ring (bicyclic) bond motifs is 1. The number of nitrogens with one attached hydrogen (secondary N) is 2. The Bertz CT molecular complexity index is 698. The average molecular weight is 347 g/mol. The molecule has 24 heavy (non-hydrogen) atoms. The lowest BCUT2D eigenvalue weighted by Gasteiger charge is -2.29. The molecule has 6 nitrogen and oxygen atoms in total. The first-order valence-electron chi connectivity index (χ1n) is 8.20. The molecule has 0 spiro atoms. The van der Waals surface area contributed by atoms with Crippen molar-refractivity contribution in [2.45, 2.75) is 43.9 Å². The van der Waals surface area contributed by atoms with E-state index in [2.05, 4.69) is 22.5 Å². The number of urea groups is 1. The fraction of sp³-hybridized carbons (Fsp3) is 0.471. The van der Waals surface area contributed by atoms with Crippen LogP contribution in [0.2, 0.25) is 0 Å². The molecule has 3 amide bonds. The molecule has 2 aromatic rings. The van der Waals surface area contributed by atoms with Crippen molar-refractivity contribution in [1.29, 1.82) is 0 Å². The van der Waals surface area contributed by atoms with E-state index in [1.54, 1.807) is 0 Å². The summed E-state index contributed by atoms with van der Waals surface area (Å²) in [7, 11) is 0. The van der Waals surface area contributed by atoms with Crippen molar-refractivity contribution in [2.24, 2.45) is 5.92 Å². The monoisotopic (exact) mass is 347 g/mol. The summed E-state index contributed by atoms with van der Waals surface area (Å²) in [6, 6.07) is 7.15. The predicted molar refractivity (Wildman–Crippen MR) is 92.8 cm³/mol. The van der Waals surface area contributed by atoms with Crippen molar-refractivity contribution < 1.29 is 14.0 Å². The van der Waals surface area contributed by atoms with Gasteiger partial charge in [0.2, 0.25) is 5.91 Å². The fourth-order valence-electron chi connectivity index (χ4n) is 2.94. The van der Waals surface area contributed by atoms with Gasteiger partial charge in [0.05, 0.1) is 5.75 Å². The molecule has 1 aromatic heterocycles. The summed E-state index contributed by atoms with van der Waals surface area (Å²) in [6.07, 6.45) is 4.42. The maximum atomic E-state index is 11.9. The topological polar surface area (TPSA) is 84.2 Å². The number of aromatic nitrogens is 1. The molecular weight excluding hydrogens is 326 g/mol. The van der Waals surface area contributed by atoms with Crippen LogP contribution in [0.15, 0.2) is 33.9 Å². The van der Waals surface area contributed by atoms with Crippen LogP contribution in [-0.2, 0) is 4.79 Å². The number of rotatable bonds is 4. The van der Waals surface area contributed by atoms with Crippen LogP contribution in [-0.4, -0.2) is 28.7 Å². The first-order chi connectivity index (χ1) is 11.6. The number of imide groups is 1. The number of amides is 3. The van der Waals surface area contributed by atoms with Gasteiger partial charge in [-0.25, -0.2) is 9.78 Å². The lowest BCUT2D eigenvalue weighted by atomic mass is 9.86. The number of benzene rings is 1. The van der Waals surface area contributed by atoms with Gasteiger partial charge in [-0.1, -0.05) is 43.7 Å². The standard InChI is InChI=1S/C17H21N3O3S/c1-11-6-2-3-7-12(11)18-16(22)20-15(21)10-24-17-19-13-8-4-5-9-14(13)23-17/h4-5,8-9,11-12H,2-3,6-7,10H2,1H3,(H2,18,20,21,22)/t11-,12+/m0/s1. The van der Waals surface area contributed by atoms with E-state index in [0.29, 0.717) is 16.7 Å². The van der Waals surface area contributed by atoms with Crippen molar-refractivity contribution >= 4 is 34.8 Å². The Hall–Kier alpha value is -2.02. The maximum absolute atomic E-state index is 11.9. The Kier molecular flexibility index (Phi) is 5.40. The molecule has 0 unspecified atom stereocenters. The average Bonchev–Trinajstić information content (AvgIpc) is 2.98. The van der Waals surface area contributed by atoms with E-state index in [-0.39, 0.29) is 17.7 Å². The van der Waals surface area contributed by atoms with E-state index in [4.69, 9.17) is 4.42 Å². The lowest BCUT2D eigenvalue weighted by Crippen LogP contribution is -2.48. The molecule has 1 aliphatic carbocycles. The van der Waals surface area contributed by atoms with Gasteiger partial charge in [-0.05, 0) is 30.9 Å². The Morgan fingerprint density at radius 3 is 2.88 bits per heavy atom. The van der Waals surface area contributed by atoms with Crippen LogP contribution in [0.5, 0.6) is 0 Å². The quantitative estimate of drug-likeness (QED) is 0.829. The molecule has 128 valence electrons. The number of carbonyl (C=O) groups excluding carboxylic acids is 2. The Labute approximate surface area is 144 Å². The van der Waals surface area contributed by atoms with Crippen LogP contribution < -0.4 is 10.6 Å². The molecule has 7 heteroatoms. The van der Waals surface area contributed by atoms with E-state index in [1.807, 2.05) is 24.3 Å². The van der Waals surface area contributed by atoms with Gasteiger partial charge >= 0.3 is 6.03 Å². The van der Waals surface area contributed by atoms with Gasteiger partial charge in [-0.3, -0.25) is 10.1 Å². The summed E-state index contributed by atoms with van der Waals surface area (Å²) < 4.78 is 5.53. The van der Waals surface area contributed by atoms with Gasteiger partial charge < -0.3 is 9.73 Å². The Morgan fingerprint density at radius 1 is 1.29 bits per heavy atom. The van der Waals surface area contributed by atoms with Crippen LogP contribution in [0.1, 0.15) is 32.6 Å². The first kappa shape index (κ1) is 16.8. The van der Waals surface area contributed by atoms with E-state index >= 15 is 0 Å². The second kappa shape index (κ2) is 7.70. The van der Waals surface area contributed by atoms with E-state index in [9.17, 15) is 9.59 Å². The number of oxazole rings is 1. The van der Waals surface area contributed by atoms with Gasteiger partial charge in [-0.15, -0.1) is 0 Å². The number of hydrogen-bond acceptors (Lipinski definition) is 5. The minimum atomic E-state index is -0.420. The van der Waals surface area contributed by atoms with Crippen molar-refractivity contribution in [1.82, 2.24) is 15.6 Å². The molecule has 1 fully saturated rings. The number of para-hydroxylation sites is 2. The highest BCUT2D eigenvalue weighted by Crippen LogP contribution is 2.24. The lowest BCUT2D eigenvalue weighted by molar-refractivity contribution is -0.117. The van der Waals surface area contributed by atoms with Crippen molar-refractivity contribution in [3.63, 3.8) is 0 Å². The minimum absolute atomic E-state index is 0.0838. The van der Waals surface area contributed by atoms with Gasteiger partial charge in [0.15, 0.2) is 5.58 Å². The summed E-state index contributed by atoms with van der Waals surface area (Å²) in [4.78, 5) is 28.1. The molecule has 0 bridgehead atoms. The summed E-state index contributed by atoms with van der Waals surface area (Å²) >= 11 is 1.17. The third-order valence-corrected chi connectivity index (χ3v) is 5.11. The molecule has 1 saturated carbocycles. The summed E-state index contributed by atoms with van der Waals surface area (Å²) in [6.45, 7) is 2.13. The number of hydrogen-bond donors (Lipinski definition) is 2. The zero-order valence-corrected chi connectivity index (χ0v) is 14.4. The van der Waals surface area contributed by atoms with E-state index in [1.165, 1.54) is 18.2 Å². The summed E-state index contributed by atoms with van der Waals surface area (Å²) in [5.41, 5.74) is 1.44. The van der Waals surface area contributed by atoms with E-state index in [0.717, 1.165) is 24.8 Å². The molecule has 2 atom stereocenters. The van der Waals surface area contributed by atoms with E-state index < -0.39 is 6.03 Å². The largest absolute Gasteiger partial charge is 0.431 e. The predicted octanol–water partition coefficient (Wildman–Crippen LogP) is 3.32. The second-order valence-corrected chi connectivity index (χ2v) is 7.05. The highest BCUT2D eigenvalue weighted by molar-refractivity contribution is 7.99. The van der Waals surface area contributed by atoms with Crippen molar-refractivity contribution in [3.05, 3.63) is 24.3 Å². The molecule has 3 rings (SSSR count). The molecule has 0 saturated heterocycles.